The summed E-state index contributed by atoms with van der Waals surface area (Å²) in [5, 5.41) is 0.983. The maximum atomic E-state index is 12.3. The number of hydrogen-bond acceptors (Lipinski definition) is 4. The number of amides is 1. The van der Waals surface area contributed by atoms with Gasteiger partial charge in [-0.2, -0.15) is 5.06 Å². The predicted octanol–water partition coefficient (Wildman–Crippen LogP) is 3.45. The molecule has 0 aliphatic carbocycles. The average Bonchev–Trinajstić information content (AvgIpc) is 2.70. The van der Waals surface area contributed by atoms with Gasteiger partial charge >= 0.3 is 5.97 Å². The zero-order valence-electron chi connectivity index (χ0n) is 15.0. The molecular formula is C22H20N2O3. The molecule has 0 bridgehead atoms. The van der Waals surface area contributed by atoms with Crippen LogP contribution in [0.15, 0.2) is 79.0 Å². The van der Waals surface area contributed by atoms with Gasteiger partial charge in [-0.15, -0.1) is 0 Å². The number of pyridine rings is 1. The van der Waals surface area contributed by atoms with E-state index < -0.39 is 5.97 Å². The minimum atomic E-state index is -0.524. The molecule has 0 aliphatic rings. The molecule has 3 aromatic rings. The van der Waals surface area contributed by atoms with Crippen LogP contribution in [0.2, 0.25) is 0 Å². The van der Waals surface area contributed by atoms with E-state index in [-0.39, 0.29) is 18.7 Å². The van der Waals surface area contributed by atoms with Crippen molar-refractivity contribution in [1.29, 1.82) is 0 Å². The van der Waals surface area contributed by atoms with Crippen LogP contribution in [0, 0.1) is 0 Å². The van der Waals surface area contributed by atoms with Crippen molar-refractivity contribution in [3.63, 3.8) is 0 Å². The Hall–Kier alpha value is -3.47. The van der Waals surface area contributed by atoms with E-state index in [1.54, 1.807) is 24.4 Å². The molecule has 5 heteroatoms. The van der Waals surface area contributed by atoms with Gasteiger partial charge in [0, 0.05) is 13.2 Å². The molecule has 0 atom stereocenters. The lowest BCUT2D eigenvalue weighted by molar-refractivity contribution is -0.191. The van der Waals surface area contributed by atoms with E-state index in [1.165, 1.54) is 7.05 Å². The molecule has 0 saturated carbocycles. The summed E-state index contributed by atoms with van der Waals surface area (Å²) < 4.78 is 0. The monoisotopic (exact) mass is 360 g/mol. The minimum Gasteiger partial charge on any atom is -0.338 e. The molecule has 5 nitrogen and oxygen atoms in total. The molecule has 3 rings (SSSR count). The zero-order chi connectivity index (χ0) is 19.1. The number of rotatable bonds is 5. The summed E-state index contributed by atoms with van der Waals surface area (Å²) in [5.74, 6) is -0.819. The van der Waals surface area contributed by atoms with Crippen LogP contribution in [0.3, 0.4) is 0 Å². The topological polar surface area (TPSA) is 59.5 Å². The zero-order valence-corrected chi connectivity index (χ0v) is 15.0. The fraction of sp³-hybridized carbons (Fsp3) is 0.136. The maximum Gasteiger partial charge on any atom is 0.338 e. The van der Waals surface area contributed by atoms with Crippen LogP contribution in [-0.4, -0.2) is 29.0 Å². The van der Waals surface area contributed by atoms with Crippen LogP contribution in [0.4, 0.5) is 0 Å². The third-order valence-corrected chi connectivity index (χ3v) is 4.06. The van der Waals surface area contributed by atoms with Crippen molar-refractivity contribution in [2.75, 3.05) is 7.05 Å². The summed E-state index contributed by atoms with van der Waals surface area (Å²) in [6.45, 7) is 0. The van der Waals surface area contributed by atoms with Crippen LogP contribution in [0.5, 0.6) is 0 Å². The van der Waals surface area contributed by atoms with Gasteiger partial charge in [0.15, 0.2) is 0 Å². The highest BCUT2D eigenvalue weighted by molar-refractivity contribution is 5.80. The van der Waals surface area contributed by atoms with Crippen LogP contribution >= 0.6 is 0 Å². The van der Waals surface area contributed by atoms with Gasteiger partial charge in [0.25, 0.3) is 5.91 Å². The highest BCUT2D eigenvalue weighted by Crippen LogP contribution is 2.19. The van der Waals surface area contributed by atoms with Gasteiger partial charge < -0.3 is 4.84 Å². The molecule has 0 unspecified atom stereocenters. The summed E-state index contributed by atoms with van der Waals surface area (Å²) in [6, 6.07) is 23.1. The second kappa shape index (κ2) is 8.76. The summed E-state index contributed by atoms with van der Waals surface area (Å²) in [4.78, 5) is 33.4. The standard InChI is InChI=1S/C22H20N2O3/c1-24(27-22(26)16-20-9-5-6-14-23-20)21(25)15-17-10-12-19(13-11-17)18-7-3-2-4-8-18/h2-14H,15-16H2,1H3. The summed E-state index contributed by atoms with van der Waals surface area (Å²) >= 11 is 0. The Kier molecular flexibility index (Phi) is 5.94. The largest absolute Gasteiger partial charge is 0.338 e. The van der Waals surface area contributed by atoms with Crippen molar-refractivity contribution in [3.8, 4) is 11.1 Å². The van der Waals surface area contributed by atoms with Gasteiger partial charge in [-0.3, -0.25) is 9.78 Å². The van der Waals surface area contributed by atoms with Crippen molar-refractivity contribution in [2.24, 2.45) is 0 Å². The normalized spacial score (nSPS) is 10.3. The molecule has 0 fully saturated rings. The second-order valence-corrected chi connectivity index (χ2v) is 6.09. The highest BCUT2D eigenvalue weighted by Gasteiger charge is 2.15. The van der Waals surface area contributed by atoms with Gasteiger partial charge in [0.1, 0.15) is 0 Å². The van der Waals surface area contributed by atoms with Crippen LogP contribution in [-0.2, 0) is 27.3 Å². The van der Waals surface area contributed by atoms with E-state index in [4.69, 9.17) is 4.84 Å². The number of carbonyl (C=O) groups is 2. The summed E-state index contributed by atoms with van der Waals surface area (Å²) in [6.07, 6.45) is 1.78. The Morgan fingerprint density at radius 2 is 1.52 bits per heavy atom. The molecule has 0 spiro atoms. The van der Waals surface area contributed by atoms with Crippen LogP contribution in [0.1, 0.15) is 11.3 Å². The number of carbonyl (C=O) groups excluding carboxylic acids is 2. The predicted molar refractivity (Wildman–Crippen MR) is 102 cm³/mol. The van der Waals surface area contributed by atoms with Crippen molar-refractivity contribution >= 4 is 11.9 Å². The Morgan fingerprint density at radius 3 is 2.19 bits per heavy atom. The molecule has 0 radical (unpaired) electrons. The molecule has 0 N–H and O–H groups in total. The Labute approximate surface area is 158 Å². The van der Waals surface area contributed by atoms with Gasteiger partial charge in [-0.25, -0.2) is 4.79 Å². The number of hydrogen-bond donors (Lipinski definition) is 0. The van der Waals surface area contributed by atoms with Gasteiger partial charge in [-0.05, 0) is 28.8 Å². The molecule has 1 aromatic heterocycles. The van der Waals surface area contributed by atoms with Crippen molar-refractivity contribution in [3.05, 3.63) is 90.3 Å². The first-order valence-corrected chi connectivity index (χ1v) is 8.63. The van der Waals surface area contributed by atoms with Gasteiger partial charge in [0.2, 0.25) is 0 Å². The third-order valence-electron chi connectivity index (χ3n) is 4.06. The lowest BCUT2D eigenvalue weighted by Gasteiger charge is -2.16. The van der Waals surface area contributed by atoms with E-state index in [2.05, 4.69) is 4.98 Å². The first-order valence-electron chi connectivity index (χ1n) is 8.63. The first kappa shape index (κ1) is 18.3. The van der Waals surface area contributed by atoms with Crippen LogP contribution < -0.4 is 0 Å². The minimum absolute atomic E-state index is 0.0181. The molecule has 1 amide bonds. The average molecular weight is 360 g/mol. The second-order valence-electron chi connectivity index (χ2n) is 6.09. The first-order chi connectivity index (χ1) is 13.1. The van der Waals surface area contributed by atoms with E-state index >= 15 is 0 Å². The summed E-state index contributed by atoms with van der Waals surface area (Å²) in [5.41, 5.74) is 3.66. The quantitative estimate of drug-likeness (QED) is 0.654. The smallest absolute Gasteiger partial charge is 0.338 e. The van der Waals surface area contributed by atoms with Crippen LogP contribution in [0.25, 0.3) is 11.1 Å². The lowest BCUT2D eigenvalue weighted by Crippen LogP contribution is -2.31. The number of hydroxylamine groups is 2. The highest BCUT2D eigenvalue weighted by atomic mass is 16.7. The number of aromatic nitrogens is 1. The molecule has 2 aromatic carbocycles. The fourth-order valence-corrected chi connectivity index (χ4v) is 2.62. The van der Waals surface area contributed by atoms with E-state index in [0.717, 1.165) is 21.8 Å². The van der Waals surface area contributed by atoms with Crippen molar-refractivity contribution in [2.45, 2.75) is 12.8 Å². The Bertz CT molecular complexity index is 894. The number of nitrogens with zero attached hydrogens (tertiary/aromatic N) is 2. The molecular weight excluding hydrogens is 340 g/mol. The molecule has 1 heterocycles. The van der Waals surface area contributed by atoms with Gasteiger partial charge in [0.05, 0.1) is 18.5 Å². The van der Waals surface area contributed by atoms with Gasteiger partial charge in [-0.1, -0.05) is 60.7 Å². The molecule has 136 valence electrons. The third kappa shape index (κ3) is 5.25. The number of likely N-dealkylation sites (N-methyl/N-ethyl adjacent to an activating group) is 1. The van der Waals surface area contributed by atoms with E-state index in [0.29, 0.717) is 5.69 Å². The molecule has 0 aliphatic heterocycles. The molecule has 27 heavy (non-hydrogen) atoms. The van der Waals surface area contributed by atoms with Crippen molar-refractivity contribution < 1.29 is 14.4 Å². The van der Waals surface area contributed by atoms with E-state index in [1.807, 2.05) is 54.6 Å². The van der Waals surface area contributed by atoms with Crippen molar-refractivity contribution in [1.82, 2.24) is 10.0 Å². The summed E-state index contributed by atoms with van der Waals surface area (Å²) in [7, 11) is 1.44. The maximum absolute atomic E-state index is 12.3. The Balaban J connectivity index is 1.54. The molecule has 0 saturated heterocycles. The fourth-order valence-electron chi connectivity index (χ4n) is 2.62. The Morgan fingerprint density at radius 1 is 0.852 bits per heavy atom. The number of benzene rings is 2. The SMILES string of the molecule is CN(OC(=O)Cc1ccccn1)C(=O)Cc1ccc(-c2ccccc2)cc1. The van der Waals surface area contributed by atoms with E-state index in [9.17, 15) is 9.59 Å². The lowest BCUT2D eigenvalue weighted by atomic mass is 10.0.